The number of aromatic nitrogens is 5. The van der Waals surface area contributed by atoms with Crippen LogP contribution in [0.15, 0.2) is 53.7 Å². The zero-order valence-electron chi connectivity index (χ0n) is 16.2. The molecular weight excluding hydrogens is 408 g/mol. The SMILES string of the molecule is Cc1nnnn1-c1cccc(NC(=O)N2CCN(S(=O)(=O)c3cccnc3)CC2)c1. The van der Waals surface area contributed by atoms with Crippen LogP contribution in [-0.2, 0) is 10.0 Å². The van der Waals surface area contributed by atoms with Crippen molar-refractivity contribution in [1.29, 1.82) is 0 Å². The molecule has 1 fully saturated rings. The standard InChI is InChI=1S/C18H20N8O3S/c1-14-21-22-23-26(14)16-5-2-4-15(12-16)20-18(27)24-8-10-25(11-9-24)30(28,29)17-6-3-7-19-13-17/h2-7,12-13H,8-11H2,1H3,(H,20,27). The highest BCUT2D eigenvalue weighted by Crippen LogP contribution is 2.18. The van der Waals surface area contributed by atoms with E-state index in [4.69, 9.17) is 0 Å². The van der Waals surface area contributed by atoms with Gasteiger partial charge in [0.05, 0.1) is 5.69 Å². The molecule has 1 aliphatic heterocycles. The number of nitrogens with zero attached hydrogens (tertiary/aromatic N) is 7. The summed E-state index contributed by atoms with van der Waals surface area (Å²) in [5.74, 6) is 0.629. The number of rotatable bonds is 4. The first-order valence-electron chi connectivity index (χ1n) is 9.27. The van der Waals surface area contributed by atoms with E-state index >= 15 is 0 Å². The van der Waals surface area contributed by atoms with Gasteiger partial charge in [0, 0.05) is 44.3 Å². The molecule has 0 radical (unpaired) electrons. The monoisotopic (exact) mass is 428 g/mol. The zero-order valence-corrected chi connectivity index (χ0v) is 17.0. The predicted molar refractivity (Wildman–Crippen MR) is 107 cm³/mol. The minimum absolute atomic E-state index is 0.151. The average molecular weight is 428 g/mol. The van der Waals surface area contributed by atoms with Gasteiger partial charge in [-0.3, -0.25) is 4.98 Å². The second-order valence-corrected chi connectivity index (χ2v) is 8.64. The fourth-order valence-electron chi connectivity index (χ4n) is 3.17. The summed E-state index contributed by atoms with van der Waals surface area (Å²) >= 11 is 0. The number of carbonyl (C=O) groups excluding carboxylic acids is 1. The maximum atomic E-state index is 12.7. The third kappa shape index (κ3) is 4.00. The van der Waals surface area contributed by atoms with Crippen LogP contribution in [0.1, 0.15) is 5.82 Å². The number of pyridine rings is 1. The summed E-state index contributed by atoms with van der Waals surface area (Å²) in [6, 6.07) is 9.97. The van der Waals surface area contributed by atoms with E-state index in [2.05, 4.69) is 25.8 Å². The topological polar surface area (TPSA) is 126 Å². The molecule has 0 saturated carbocycles. The zero-order chi connectivity index (χ0) is 21.1. The molecule has 0 bridgehead atoms. The van der Waals surface area contributed by atoms with Crippen molar-refractivity contribution in [2.45, 2.75) is 11.8 Å². The van der Waals surface area contributed by atoms with Crippen molar-refractivity contribution < 1.29 is 13.2 Å². The van der Waals surface area contributed by atoms with Crippen molar-refractivity contribution >= 4 is 21.7 Å². The third-order valence-corrected chi connectivity index (χ3v) is 6.65. The molecule has 2 aromatic heterocycles. The lowest BCUT2D eigenvalue weighted by molar-refractivity contribution is 0.184. The van der Waals surface area contributed by atoms with Gasteiger partial charge in [0.1, 0.15) is 4.90 Å². The normalized spacial score (nSPS) is 15.2. The van der Waals surface area contributed by atoms with Crippen LogP contribution in [0.25, 0.3) is 5.69 Å². The van der Waals surface area contributed by atoms with Gasteiger partial charge in [0.15, 0.2) is 5.82 Å². The predicted octanol–water partition coefficient (Wildman–Crippen LogP) is 0.904. The van der Waals surface area contributed by atoms with Gasteiger partial charge >= 0.3 is 6.03 Å². The molecule has 0 unspecified atom stereocenters. The maximum Gasteiger partial charge on any atom is 0.321 e. The largest absolute Gasteiger partial charge is 0.322 e. The molecule has 4 rings (SSSR count). The second kappa shape index (κ2) is 8.16. The molecule has 1 N–H and O–H groups in total. The van der Waals surface area contributed by atoms with E-state index < -0.39 is 10.0 Å². The average Bonchev–Trinajstić information content (AvgIpc) is 3.20. The van der Waals surface area contributed by atoms with Crippen molar-refractivity contribution in [2.75, 3.05) is 31.5 Å². The molecule has 3 aromatic rings. The summed E-state index contributed by atoms with van der Waals surface area (Å²) in [6.45, 7) is 2.79. The lowest BCUT2D eigenvalue weighted by Gasteiger charge is -2.33. The number of sulfonamides is 1. The number of hydrogen-bond donors (Lipinski definition) is 1. The first-order valence-corrected chi connectivity index (χ1v) is 10.7. The number of carbonyl (C=O) groups is 1. The van der Waals surface area contributed by atoms with Gasteiger partial charge < -0.3 is 10.2 Å². The maximum absolute atomic E-state index is 12.7. The van der Waals surface area contributed by atoms with Crippen molar-refractivity contribution in [1.82, 2.24) is 34.4 Å². The minimum atomic E-state index is -3.61. The van der Waals surface area contributed by atoms with Crippen LogP contribution in [0.2, 0.25) is 0 Å². The molecule has 0 spiro atoms. The fourth-order valence-corrected chi connectivity index (χ4v) is 4.56. The Morgan fingerprint density at radius 2 is 1.90 bits per heavy atom. The van der Waals surface area contributed by atoms with Crippen LogP contribution in [0.5, 0.6) is 0 Å². The highest BCUT2D eigenvalue weighted by atomic mass is 32.2. The van der Waals surface area contributed by atoms with E-state index in [1.807, 2.05) is 6.07 Å². The van der Waals surface area contributed by atoms with Gasteiger partial charge in [-0.2, -0.15) is 8.99 Å². The number of aryl methyl sites for hydroxylation is 1. The molecule has 1 aliphatic rings. The van der Waals surface area contributed by atoms with Crippen LogP contribution in [-0.4, -0.2) is 75.0 Å². The second-order valence-electron chi connectivity index (χ2n) is 6.70. The van der Waals surface area contributed by atoms with Gasteiger partial charge in [-0.15, -0.1) is 5.10 Å². The number of nitrogens with one attached hydrogen (secondary N) is 1. The van der Waals surface area contributed by atoms with E-state index in [9.17, 15) is 13.2 Å². The van der Waals surface area contributed by atoms with Crippen LogP contribution >= 0.6 is 0 Å². The van der Waals surface area contributed by atoms with Crippen LogP contribution in [0.4, 0.5) is 10.5 Å². The number of anilines is 1. The van der Waals surface area contributed by atoms with E-state index in [0.29, 0.717) is 11.5 Å². The van der Waals surface area contributed by atoms with Gasteiger partial charge in [-0.25, -0.2) is 13.2 Å². The highest BCUT2D eigenvalue weighted by Gasteiger charge is 2.30. The fraction of sp³-hybridized carbons (Fsp3) is 0.278. The number of tetrazole rings is 1. The quantitative estimate of drug-likeness (QED) is 0.654. The Morgan fingerprint density at radius 3 is 2.57 bits per heavy atom. The summed E-state index contributed by atoms with van der Waals surface area (Å²) in [5.41, 5.74) is 1.32. The smallest absolute Gasteiger partial charge is 0.321 e. The van der Waals surface area contributed by atoms with E-state index in [0.717, 1.165) is 5.69 Å². The summed E-state index contributed by atoms with van der Waals surface area (Å²) in [5, 5.41) is 14.2. The summed E-state index contributed by atoms with van der Waals surface area (Å²) in [6.07, 6.45) is 2.85. The lowest BCUT2D eigenvalue weighted by Crippen LogP contribution is -2.51. The number of piperazine rings is 1. The molecule has 1 saturated heterocycles. The number of urea groups is 1. The van der Waals surface area contributed by atoms with E-state index in [1.54, 1.807) is 40.8 Å². The van der Waals surface area contributed by atoms with Crippen molar-refractivity contribution in [3.8, 4) is 5.69 Å². The lowest BCUT2D eigenvalue weighted by atomic mass is 10.2. The number of amides is 2. The molecule has 12 heteroatoms. The van der Waals surface area contributed by atoms with Gasteiger partial charge in [0.25, 0.3) is 0 Å². The molecule has 156 valence electrons. The van der Waals surface area contributed by atoms with Gasteiger partial charge in [-0.1, -0.05) is 6.07 Å². The van der Waals surface area contributed by atoms with Crippen LogP contribution < -0.4 is 5.32 Å². The molecular formula is C18H20N8O3S. The minimum Gasteiger partial charge on any atom is -0.322 e. The summed E-state index contributed by atoms with van der Waals surface area (Å²) in [7, 11) is -3.61. The molecule has 30 heavy (non-hydrogen) atoms. The Hall–Kier alpha value is -3.38. The van der Waals surface area contributed by atoms with E-state index in [1.165, 1.54) is 22.8 Å². The third-order valence-electron chi connectivity index (χ3n) is 4.77. The summed E-state index contributed by atoms with van der Waals surface area (Å²) < 4.78 is 28.3. The molecule has 11 nitrogen and oxygen atoms in total. The van der Waals surface area contributed by atoms with Crippen molar-refractivity contribution in [3.05, 3.63) is 54.6 Å². The Bertz CT molecular complexity index is 1140. The van der Waals surface area contributed by atoms with Gasteiger partial charge in [0.2, 0.25) is 10.0 Å². The van der Waals surface area contributed by atoms with Crippen LogP contribution in [0.3, 0.4) is 0 Å². The Morgan fingerprint density at radius 1 is 1.10 bits per heavy atom. The van der Waals surface area contributed by atoms with E-state index in [-0.39, 0.29) is 37.1 Å². The molecule has 0 atom stereocenters. The summed E-state index contributed by atoms with van der Waals surface area (Å²) in [4.78, 5) is 18.3. The van der Waals surface area contributed by atoms with Gasteiger partial charge in [-0.05, 0) is 47.7 Å². The Kier molecular flexibility index (Phi) is 5.42. The first-order chi connectivity index (χ1) is 14.4. The molecule has 0 aliphatic carbocycles. The Balaban J connectivity index is 1.39. The molecule has 3 heterocycles. The highest BCUT2D eigenvalue weighted by molar-refractivity contribution is 7.89. The molecule has 2 amide bonds. The number of hydrogen-bond acceptors (Lipinski definition) is 7. The van der Waals surface area contributed by atoms with Crippen molar-refractivity contribution in [2.24, 2.45) is 0 Å². The van der Waals surface area contributed by atoms with Crippen LogP contribution in [0, 0.1) is 6.92 Å². The molecule has 1 aromatic carbocycles. The Labute approximate surface area is 173 Å². The number of benzene rings is 1. The first kappa shape index (κ1) is 19.9. The van der Waals surface area contributed by atoms with Crippen molar-refractivity contribution in [3.63, 3.8) is 0 Å².